The number of hydrogen-bond acceptors (Lipinski definition) is 4. The summed E-state index contributed by atoms with van der Waals surface area (Å²) < 4.78 is 19.2. The molecule has 1 aromatic heterocycles. The van der Waals surface area contributed by atoms with E-state index < -0.39 is 0 Å². The number of nitrogens with zero attached hydrogens (tertiary/aromatic N) is 1. The summed E-state index contributed by atoms with van der Waals surface area (Å²) in [6.45, 7) is 0. The first-order chi connectivity index (χ1) is 13.2. The van der Waals surface area contributed by atoms with Gasteiger partial charge in [-0.15, -0.1) is 11.8 Å². The minimum absolute atomic E-state index is 0.219. The fourth-order valence-electron chi connectivity index (χ4n) is 3.21. The van der Waals surface area contributed by atoms with Gasteiger partial charge in [-0.3, -0.25) is 9.89 Å². The maximum atomic E-state index is 14.0. The van der Waals surface area contributed by atoms with Gasteiger partial charge in [0.05, 0.1) is 30.6 Å². The maximum Gasteiger partial charge on any atom is 0.255 e. The molecule has 0 saturated heterocycles. The minimum atomic E-state index is -0.237. The molecule has 2 N–H and O–H groups in total. The van der Waals surface area contributed by atoms with Crippen molar-refractivity contribution in [1.82, 2.24) is 15.5 Å². The average Bonchev–Trinajstić information content (AvgIpc) is 3.19. The smallest absolute Gasteiger partial charge is 0.255 e. The number of carbonyl (C=O) groups excluding carboxylic acids is 1. The lowest BCUT2D eigenvalue weighted by molar-refractivity contribution is 0.0935. The van der Waals surface area contributed by atoms with Crippen LogP contribution in [0, 0.1) is 5.82 Å². The lowest BCUT2D eigenvalue weighted by Gasteiger charge is -2.26. The fourth-order valence-corrected chi connectivity index (χ4v) is 4.35. The monoisotopic (exact) mass is 383 g/mol. The number of H-pyrrole nitrogens is 1. The summed E-state index contributed by atoms with van der Waals surface area (Å²) in [4.78, 5) is 13.5. The van der Waals surface area contributed by atoms with E-state index in [0.717, 1.165) is 29.1 Å². The number of amides is 1. The van der Waals surface area contributed by atoms with Gasteiger partial charge in [-0.25, -0.2) is 4.39 Å². The minimum Gasteiger partial charge on any atom is -0.497 e. The van der Waals surface area contributed by atoms with Gasteiger partial charge in [0.25, 0.3) is 5.91 Å². The van der Waals surface area contributed by atoms with Crippen LogP contribution in [0.2, 0.25) is 0 Å². The Labute approximate surface area is 160 Å². The Bertz CT molecular complexity index is 972. The number of carbonyl (C=O) groups is 1. The number of halogens is 1. The van der Waals surface area contributed by atoms with Gasteiger partial charge < -0.3 is 10.1 Å². The van der Waals surface area contributed by atoms with Gasteiger partial charge in [0.15, 0.2) is 0 Å². The van der Waals surface area contributed by atoms with Crippen LogP contribution in [-0.4, -0.2) is 29.0 Å². The topological polar surface area (TPSA) is 67.0 Å². The molecule has 0 spiro atoms. The summed E-state index contributed by atoms with van der Waals surface area (Å²) in [5, 5.41) is 9.96. The molecule has 3 aromatic rings. The zero-order valence-electron chi connectivity index (χ0n) is 14.7. The van der Waals surface area contributed by atoms with Crippen molar-refractivity contribution in [2.24, 2.45) is 0 Å². The molecule has 1 atom stereocenters. The molecule has 7 heteroatoms. The summed E-state index contributed by atoms with van der Waals surface area (Å²) in [7, 11) is 1.60. The summed E-state index contributed by atoms with van der Waals surface area (Å²) in [6, 6.07) is 12.2. The molecule has 138 valence electrons. The van der Waals surface area contributed by atoms with E-state index in [4.69, 9.17) is 4.74 Å². The van der Waals surface area contributed by atoms with Crippen molar-refractivity contribution >= 4 is 17.7 Å². The summed E-state index contributed by atoms with van der Waals surface area (Å²) in [5.41, 5.74) is 2.76. The highest BCUT2D eigenvalue weighted by molar-refractivity contribution is 7.99. The SMILES string of the molecule is COc1ccc(-c2[nH]ncc2C(=O)NC2CCSc3c(F)cccc32)cc1. The van der Waals surface area contributed by atoms with E-state index in [1.165, 1.54) is 24.0 Å². The second kappa shape index (κ2) is 7.44. The number of nitrogens with one attached hydrogen (secondary N) is 2. The van der Waals surface area contributed by atoms with Crippen molar-refractivity contribution in [3.63, 3.8) is 0 Å². The van der Waals surface area contributed by atoms with Gasteiger partial charge in [0.2, 0.25) is 0 Å². The fraction of sp³-hybridized carbons (Fsp3) is 0.200. The molecule has 0 aliphatic carbocycles. The molecular formula is C20H18FN3O2S. The zero-order valence-corrected chi connectivity index (χ0v) is 15.5. The van der Waals surface area contributed by atoms with Gasteiger partial charge in [-0.2, -0.15) is 5.10 Å². The van der Waals surface area contributed by atoms with E-state index in [2.05, 4.69) is 15.5 Å². The second-order valence-electron chi connectivity index (χ2n) is 6.21. The van der Waals surface area contributed by atoms with Crippen molar-refractivity contribution < 1.29 is 13.9 Å². The molecule has 27 heavy (non-hydrogen) atoms. The van der Waals surface area contributed by atoms with Crippen LogP contribution < -0.4 is 10.1 Å². The molecule has 4 rings (SSSR count). The van der Waals surface area contributed by atoms with Crippen LogP contribution in [0.25, 0.3) is 11.3 Å². The van der Waals surface area contributed by atoms with Gasteiger partial charge in [0.1, 0.15) is 11.6 Å². The predicted octanol–water partition coefficient (Wildman–Crippen LogP) is 4.19. The molecule has 0 fully saturated rings. The normalized spacial score (nSPS) is 15.9. The third-order valence-electron chi connectivity index (χ3n) is 4.59. The van der Waals surface area contributed by atoms with Gasteiger partial charge >= 0.3 is 0 Å². The number of aromatic amines is 1. The van der Waals surface area contributed by atoms with Gasteiger partial charge in [0, 0.05) is 16.2 Å². The third-order valence-corrected chi connectivity index (χ3v) is 5.75. The molecule has 1 aliphatic rings. The summed E-state index contributed by atoms with van der Waals surface area (Å²) >= 11 is 1.49. The number of rotatable bonds is 4. The number of fused-ring (bicyclic) bond motifs is 1. The number of hydrogen-bond donors (Lipinski definition) is 2. The van der Waals surface area contributed by atoms with E-state index in [1.807, 2.05) is 30.3 Å². The van der Waals surface area contributed by atoms with Crippen LogP contribution in [0.4, 0.5) is 4.39 Å². The van der Waals surface area contributed by atoms with Crippen LogP contribution in [0.3, 0.4) is 0 Å². The van der Waals surface area contributed by atoms with Gasteiger partial charge in [-0.1, -0.05) is 12.1 Å². The lowest BCUT2D eigenvalue weighted by Crippen LogP contribution is -2.31. The molecule has 1 aliphatic heterocycles. The number of aromatic nitrogens is 2. The first-order valence-corrected chi connectivity index (χ1v) is 9.56. The highest BCUT2D eigenvalue weighted by atomic mass is 32.2. The van der Waals surface area contributed by atoms with Crippen LogP contribution in [0.1, 0.15) is 28.4 Å². The molecule has 1 amide bonds. The second-order valence-corrected chi connectivity index (χ2v) is 7.31. The van der Waals surface area contributed by atoms with Crippen molar-refractivity contribution in [2.45, 2.75) is 17.4 Å². The predicted molar refractivity (Wildman–Crippen MR) is 103 cm³/mol. The molecule has 0 saturated carbocycles. The number of ether oxygens (including phenoxy) is 1. The first-order valence-electron chi connectivity index (χ1n) is 8.57. The Morgan fingerprint density at radius 2 is 2.11 bits per heavy atom. The standard InChI is InChI=1S/C20H18FN3O2S/c1-26-13-7-5-12(6-8-13)18-15(11-22-24-18)20(25)23-17-9-10-27-19-14(17)3-2-4-16(19)21/h2-8,11,17H,9-10H2,1H3,(H,22,24)(H,23,25). The Balaban J connectivity index is 1.59. The molecule has 0 radical (unpaired) electrons. The quantitative estimate of drug-likeness (QED) is 0.709. The van der Waals surface area contributed by atoms with Crippen LogP contribution in [0.5, 0.6) is 5.75 Å². The van der Waals surface area contributed by atoms with Crippen LogP contribution in [-0.2, 0) is 0 Å². The third kappa shape index (κ3) is 3.42. The Morgan fingerprint density at radius 3 is 2.89 bits per heavy atom. The van der Waals surface area contributed by atoms with E-state index in [9.17, 15) is 9.18 Å². The lowest BCUT2D eigenvalue weighted by atomic mass is 10.0. The van der Waals surface area contributed by atoms with Crippen molar-refractivity contribution in [2.75, 3.05) is 12.9 Å². The first kappa shape index (κ1) is 17.6. The summed E-state index contributed by atoms with van der Waals surface area (Å²) in [5.74, 6) is 1.03. The number of benzene rings is 2. The van der Waals surface area contributed by atoms with E-state index in [1.54, 1.807) is 13.2 Å². The maximum absolute atomic E-state index is 14.0. The Morgan fingerprint density at radius 1 is 1.30 bits per heavy atom. The molecule has 1 unspecified atom stereocenters. The van der Waals surface area contributed by atoms with Crippen LogP contribution in [0.15, 0.2) is 53.6 Å². The van der Waals surface area contributed by atoms with Crippen molar-refractivity contribution in [3.8, 4) is 17.0 Å². The van der Waals surface area contributed by atoms with Gasteiger partial charge in [-0.05, 0) is 42.3 Å². The Hall–Kier alpha value is -2.80. The van der Waals surface area contributed by atoms with Crippen molar-refractivity contribution in [3.05, 3.63) is 65.6 Å². The van der Waals surface area contributed by atoms with E-state index in [-0.39, 0.29) is 17.8 Å². The number of thioether (sulfide) groups is 1. The largest absolute Gasteiger partial charge is 0.497 e. The van der Waals surface area contributed by atoms with E-state index in [0.29, 0.717) is 16.2 Å². The molecule has 0 bridgehead atoms. The zero-order chi connectivity index (χ0) is 18.8. The molecule has 2 aromatic carbocycles. The average molecular weight is 383 g/mol. The number of methoxy groups -OCH3 is 1. The molecule has 5 nitrogen and oxygen atoms in total. The van der Waals surface area contributed by atoms with Crippen molar-refractivity contribution in [1.29, 1.82) is 0 Å². The highest BCUT2D eigenvalue weighted by Gasteiger charge is 2.26. The Kier molecular flexibility index (Phi) is 4.85. The molecule has 2 heterocycles. The summed E-state index contributed by atoms with van der Waals surface area (Å²) in [6.07, 6.45) is 2.27. The molecular weight excluding hydrogens is 365 g/mol. The van der Waals surface area contributed by atoms with Crippen LogP contribution >= 0.6 is 11.8 Å². The van der Waals surface area contributed by atoms with E-state index >= 15 is 0 Å². The highest BCUT2D eigenvalue weighted by Crippen LogP contribution is 2.38.